The van der Waals surface area contributed by atoms with E-state index in [0.29, 0.717) is 42.2 Å². The van der Waals surface area contributed by atoms with Crippen LogP contribution in [0.1, 0.15) is 49.9 Å². The molecule has 7 nitrogen and oxygen atoms in total. The Kier molecular flexibility index (Phi) is 7.00. The first-order valence-corrected chi connectivity index (χ1v) is 10.7. The van der Waals surface area contributed by atoms with E-state index in [9.17, 15) is 14.4 Å². The number of likely N-dealkylation sites (tertiary alicyclic amines) is 2. The van der Waals surface area contributed by atoms with Gasteiger partial charge in [-0.1, -0.05) is 11.6 Å². The Morgan fingerprint density at radius 1 is 1.03 bits per heavy atom. The molecule has 0 spiro atoms. The van der Waals surface area contributed by atoms with E-state index in [1.807, 2.05) is 23.6 Å². The molecular weight excluding hydrogens is 392 g/mol. The minimum atomic E-state index is -0.252. The van der Waals surface area contributed by atoms with E-state index >= 15 is 0 Å². The number of piperidine rings is 1. The van der Waals surface area contributed by atoms with Crippen LogP contribution in [-0.4, -0.2) is 59.9 Å². The van der Waals surface area contributed by atoms with E-state index in [-0.39, 0.29) is 29.8 Å². The fraction of sp³-hybridized carbons (Fsp3) is 0.571. The summed E-state index contributed by atoms with van der Waals surface area (Å²) in [5.74, 6) is -0.588. The van der Waals surface area contributed by atoms with E-state index in [1.165, 1.54) is 0 Å². The zero-order valence-corrected chi connectivity index (χ0v) is 17.8. The number of hydrogen-bond acceptors (Lipinski definition) is 3. The van der Waals surface area contributed by atoms with Gasteiger partial charge in [-0.3, -0.25) is 9.59 Å². The molecule has 0 aliphatic carbocycles. The number of nitrogens with zero attached hydrogens (tertiary/aromatic N) is 2. The first kappa shape index (κ1) is 21.4. The van der Waals surface area contributed by atoms with Gasteiger partial charge in [-0.05, 0) is 57.7 Å². The molecule has 0 atom stereocenters. The molecule has 29 heavy (non-hydrogen) atoms. The molecule has 1 aromatic carbocycles. The van der Waals surface area contributed by atoms with Gasteiger partial charge in [-0.2, -0.15) is 0 Å². The summed E-state index contributed by atoms with van der Waals surface area (Å²) < 4.78 is 0. The molecular formula is C21H29ClN4O3. The third-order valence-electron chi connectivity index (χ3n) is 5.42. The van der Waals surface area contributed by atoms with Crippen molar-refractivity contribution in [3.8, 4) is 0 Å². The quantitative estimate of drug-likeness (QED) is 0.783. The largest absolute Gasteiger partial charge is 0.350 e. The summed E-state index contributed by atoms with van der Waals surface area (Å²) in [6.45, 7) is 6.56. The van der Waals surface area contributed by atoms with Crippen molar-refractivity contribution in [1.29, 1.82) is 0 Å². The van der Waals surface area contributed by atoms with Crippen LogP contribution in [0, 0.1) is 5.92 Å². The van der Waals surface area contributed by atoms with E-state index in [1.54, 1.807) is 18.2 Å². The van der Waals surface area contributed by atoms with E-state index < -0.39 is 0 Å². The minimum absolute atomic E-state index is 0.0146. The van der Waals surface area contributed by atoms with Crippen LogP contribution in [0.5, 0.6) is 0 Å². The van der Waals surface area contributed by atoms with E-state index in [0.717, 1.165) is 25.9 Å². The molecule has 4 amide bonds. The van der Waals surface area contributed by atoms with Crippen LogP contribution < -0.4 is 10.6 Å². The fourth-order valence-electron chi connectivity index (χ4n) is 3.83. The van der Waals surface area contributed by atoms with Crippen LogP contribution >= 0.6 is 11.6 Å². The minimum Gasteiger partial charge on any atom is -0.350 e. The monoisotopic (exact) mass is 420 g/mol. The van der Waals surface area contributed by atoms with Gasteiger partial charge in [-0.15, -0.1) is 0 Å². The molecule has 2 heterocycles. The van der Waals surface area contributed by atoms with E-state index in [4.69, 9.17) is 11.6 Å². The zero-order chi connectivity index (χ0) is 21.0. The molecule has 8 heteroatoms. The summed E-state index contributed by atoms with van der Waals surface area (Å²) >= 11 is 6.08. The van der Waals surface area contributed by atoms with Gasteiger partial charge >= 0.3 is 6.03 Å². The van der Waals surface area contributed by atoms with Crippen LogP contribution in [-0.2, 0) is 4.79 Å². The van der Waals surface area contributed by atoms with Crippen molar-refractivity contribution in [2.75, 3.05) is 31.5 Å². The molecule has 0 saturated carbocycles. The van der Waals surface area contributed by atoms with Gasteiger partial charge in [-0.25, -0.2) is 4.79 Å². The highest BCUT2D eigenvalue weighted by molar-refractivity contribution is 6.31. The highest BCUT2D eigenvalue weighted by Gasteiger charge is 2.31. The van der Waals surface area contributed by atoms with Crippen molar-refractivity contribution in [2.45, 2.75) is 45.6 Å². The summed E-state index contributed by atoms with van der Waals surface area (Å²) in [5.41, 5.74) is 0.800. The third-order valence-corrected chi connectivity index (χ3v) is 5.65. The van der Waals surface area contributed by atoms with Crippen LogP contribution in [0.15, 0.2) is 18.2 Å². The molecule has 2 aliphatic heterocycles. The maximum Gasteiger partial charge on any atom is 0.319 e. The topological polar surface area (TPSA) is 81.8 Å². The van der Waals surface area contributed by atoms with Gasteiger partial charge in [0.15, 0.2) is 0 Å². The predicted octanol–water partition coefficient (Wildman–Crippen LogP) is 3.34. The second-order valence-corrected chi connectivity index (χ2v) is 8.48. The molecule has 0 aromatic heterocycles. The van der Waals surface area contributed by atoms with Gasteiger partial charge in [0.25, 0.3) is 5.91 Å². The number of nitrogens with one attached hydrogen (secondary N) is 2. The van der Waals surface area contributed by atoms with Gasteiger partial charge in [0.05, 0.1) is 11.3 Å². The Morgan fingerprint density at radius 3 is 2.28 bits per heavy atom. The zero-order valence-electron chi connectivity index (χ0n) is 17.0. The molecule has 2 saturated heterocycles. The van der Waals surface area contributed by atoms with Crippen molar-refractivity contribution in [3.05, 3.63) is 28.8 Å². The first-order valence-electron chi connectivity index (χ1n) is 10.3. The summed E-state index contributed by atoms with van der Waals surface area (Å²) in [7, 11) is 0. The predicted molar refractivity (Wildman–Crippen MR) is 113 cm³/mol. The number of amides is 4. The van der Waals surface area contributed by atoms with Crippen molar-refractivity contribution in [2.24, 2.45) is 5.92 Å². The lowest BCUT2D eigenvalue weighted by Gasteiger charge is -2.34. The Balaban J connectivity index is 1.60. The molecule has 0 unspecified atom stereocenters. The summed E-state index contributed by atoms with van der Waals surface area (Å²) in [6.07, 6.45) is 3.35. The molecule has 158 valence electrons. The Hall–Kier alpha value is -2.28. The van der Waals surface area contributed by atoms with Crippen LogP contribution in [0.2, 0.25) is 5.02 Å². The van der Waals surface area contributed by atoms with Crippen molar-refractivity contribution in [1.82, 2.24) is 15.1 Å². The smallest absolute Gasteiger partial charge is 0.319 e. The molecule has 2 N–H and O–H groups in total. The highest BCUT2D eigenvalue weighted by Crippen LogP contribution is 2.25. The van der Waals surface area contributed by atoms with Gasteiger partial charge in [0.2, 0.25) is 5.91 Å². The molecule has 2 aliphatic rings. The highest BCUT2D eigenvalue weighted by atomic mass is 35.5. The number of rotatable bonds is 4. The summed E-state index contributed by atoms with van der Waals surface area (Å²) in [6, 6.07) is 4.92. The van der Waals surface area contributed by atoms with E-state index in [2.05, 4.69) is 10.6 Å². The number of benzene rings is 1. The van der Waals surface area contributed by atoms with Gasteiger partial charge in [0.1, 0.15) is 0 Å². The number of anilines is 1. The van der Waals surface area contributed by atoms with Crippen LogP contribution in [0.3, 0.4) is 0 Å². The Labute approximate surface area is 176 Å². The lowest BCUT2D eigenvalue weighted by atomic mass is 9.95. The second kappa shape index (κ2) is 9.48. The SMILES string of the molecule is CC(C)NC(=O)c1ccc(Cl)cc1NC(=O)C1CCN(C(=O)N2CCCC2)CC1. The normalized spacial score (nSPS) is 17.5. The van der Waals surface area contributed by atoms with Gasteiger partial charge < -0.3 is 20.4 Å². The maximum absolute atomic E-state index is 12.8. The van der Waals surface area contributed by atoms with Crippen LogP contribution in [0.4, 0.5) is 10.5 Å². The number of urea groups is 1. The average Bonchev–Trinajstić information content (AvgIpc) is 3.22. The molecule has 0 bridgehead atoms. The number of carbonyl (C=O) groups excluding carboxylic acids is 3. The average molecular weight is 421 g/mol. The third kappa shape index (κ3) is 5.41. The van der Waals surface area contributed by atoms with Crippen molar-refractivity contribution < 1.29 is 14.4 Å². The maximum atomic E-state index is 12.8. The van der Waals surface area contributed by atoms with Crippen molar-refractivity contribution in [3.63, 3.8) is 0 Å². The van der Waals surface area contributed by atoms with Crippen molar-refractivity contribution >= 4 is 35.1 Å². The number of carbonyl (C=O) groups is 3. The lowest BCUT2D eigenvalue weighted by molar-refractivity contribution is -0.121. The number of halogens is 1. The summed E-state index contributed by atoms with van der Waals surface area (Å²) in [4.78, 5) is 41.5. The second-order valence-electron chi connectivity index (χ2n) is 8.05. The molecule has 1 aromatic rings. The molecule has 0 radical (unpaired) electrons. The van der Waals surface area contributed by atoms with Gasteiger partial charge in [0, 0.05) is 43.2 Å². The Bertz CT molecular complexity index is 769. The number of hydrogen-bond donors (Lipinski definition) is 2. The fourth-order valence-corrected chi connectivity index (χ4v) is 4.01. The molecule has 3 rings (SSSR count). The summed E-state index contributed by atoms with van der Waals surface area (Å²) in [5, 5.41) is 6.16. The first-order chi connectivity index (χ1) is 13.8. The van der Waals surface area contributed by atoms with Crippen LogP contribution in [0.25, 0.3) is 0 Å². The molecule has 2 fully saturated rings. The Morgan fingerprint density at radius 2 is 1.66 bits per heavy atom. The standard InChI is InChI=1S/C21H29ClN4O3/c1-14(2)23-20(28)17-6-5-16(22)13-18(17)24-19(27)15-7-11-26(12-8-15)21(29)25-9-3-4-10-25/h5-6,13-15H,3-4,7-12H2,1-2H3,(H,23,28)(H,24,27). The lowest BCUT2D eigenvalue weighted by Crippen LogP contribution is -2.47.